The maximum absolute atomic E-state index is 11.7. The minimum Gasteiger partial charge on any atom is -1.00 e. The fourth-order valence-electron chi connectivity index (χ4n) is 2.88. The van der Waals surface area contributed by atoms with E-state index in [2.05, 4.69) is 15.2 Å². The molecule has 0 atom stereocenters. The van der Waals surface area contributed by atoms with Crippen LogP contribution in [0.3, 0.4) is 0 Å². The number of aromatic nitrogens is 1. The fourth-order valence-corrected chi connectivity index (χ4v) is 3.58. The van der Waals surface area contributed by atoms with Crippen LogP contribution in [0.4, 0.5) is 11.4 Å². The molecule has 0 saturated carbocycles. The van der Waals surface area contributed by atoms with Crippen molar-refractivity contribution < 1.29 is 49.1 Å². The Balaban J connectivity index is 0.00000150. The van der Waals surface area contributed by atoms with Crippen LogP contribution < -0.4 is 29.6 Å². The van der Waals surface area contributed by atoms with E-state index in [0.717, 1.165) is 16.8 Å². The molecule has 0 unspecified atom stereocenters. The SMILES string of the molecule is O=S(=O)(O)c1cc(N=Nc2cccc3ccccc23)c(O)c2ncccc12.[H-].[Na+]. The Morgan fingerprint density at radius 1 is 0.893 bits per heavy atom. The van der Waals surface area contributed by atoms with Crippen LogP contribution >= 0.6 is 0 Å². The molecule has 28 heavy (non-hydrogen) atoms. The molecule has 0 spiro atoms. The van der Waals surface area contributed by atoms with Crippen LogP contribution in [0, 0.1) is 0 Å². The number of pyridine rings is 1. The summed E-state index contributed by atoms with van der Waals surface area (Å²) in [4.78, 5) is 3.60. The Morgan fingerprint density at radius 2 is 1.57 bits per heavy atom. The Labute approximate surface area is 184 Å². The van der Waals surface area contributed by atoms with Crippen LogP contribution in [0.1, 0.15) is 1.43 Å². The van der Waals surface area contributed by atoms with Gasteiger partial charge in [0.1, 0.15) is 16.1 Å². The molecule has 0 aliphatic heterocycles. The summed E-state index contributed by atoms with van der Waals surface area (Å²) in [6.07, 6.45) is 1.40. The molecule has 136 valence electrons. The molecule has 2 N–H and O–H groups in total. The van der Waals surface area contributed by atoms with Crippen LogP contribution in [0.2, 0.25) is 0 Å². The molecule has 4 aromatic rings. The third-order valence-corrected chi connectivity index (χ3v) is 5.01. The normalized spacial score (nSPS) is 11.8. The number of hydrogen-bond donors (Lipinski definition) is 2. The third kappa shape index (κ3) is 3.78. The summed E-state index contributed by atoms with van der Waals surface area (Å²) in [6, 6.07) is 17.1. The maximum atomic E-state index is 11.7. The first-order chi connectivity index (χ1) is 12.9. The minimum atomic E-state index is -4.54. The summed E-state index contributed by atoms with van der Waals surface area (Å²) in [5.41, 5.74) is 0.461. The average molecular weight is 403 g/mol. The molecule has 0 radical (unpaired) electrons. The Kier molecular flexibility index (Phi) is 5.78. The van der Waals surface area contributed by atoms with Crippen molar-refractivity contribution in [3.05, 3.63) is 66.9 Å². The number of aromatic hydroxyl groups is 1. The number of phenols is 1. The molecule has 3 aromatic carbocycles. The molecule has 1 heterocycles. The zero-order chi connectivity index (χ0) is 19.0. The van der Waals surface area contributed by atoms with Gasteiger partial charge in [0.2, 0.25) is 0 Å². The topological polar surface area (TPSA) is 112 Å². The smallest absolute Gasteiger partial charge is 1.00 e. The molecular weight excluding hydrogens is 389 g/mol. The second-order valence-electron chi connectivity index (χ2n) is 5.82. The van der Waals surface area contributed by atoms with E-state index in [9.17, 15) is 18.1 Å². The second kappa shape index (κ2) is 7.94. The van der Waals surface area contributed by atoms with Gasteiger partial charge in [-0.15, -0.1) is 10.2 Å². The summed E-state index contributed by atoms with van der Waals surface area (Å²) in [5, 5.41) is 20.5. The molecule has 0 fully saturated rings. The zero-order valence-electron chi connectivity index (χ0n) is 15.8. The number of nitrogens with zero attached hydrogens (tertiary/aromatic N) is 3. The van der Waals surface area contributed by atoms with Crippen molar-refractivity contribution >= 4 is 43.2 Å². The standard InChI is InChI=1S/C19H13N3O4S.Na.H/c23-19-16(11-17(27(24,25)26)14-8-4-10-20-18(14)19)22-21-15-9-3-6-12-5-1-2-7-13(12)15;;/h1-11,23H,(H,24,25,26);;/q;+1;-1. The van der Waals surface area contributed by atoms with E-state index >= 15 is 0 Å². The van der Waals surface area contributed by atoms with Crippen molar-refractivity contribution in [1.82, 2.24) is 4.98 Å². The van der Waals surface area contributed by atoms with Gasteiger partial charge in [-0.25, -0.2) is 0 Å². The van der Waals surface area contributed by atoms with Crippen molar-refractivity contribution in [2.75, 3.05) is 0 Å². The van der Waals surface area contributed by atoms with Crippen molar-refractivity contribution in [2.24, 2.45) is 10.2 Å². The summed E-state index contributed by atoms with van der Waals surface area (Å²) in [6.45, 7) is 0. The molecule has 7 nitrogen and oxygen atoms in total. The molecule has 9 heteroatoms. The quantitative estimate of drug-likeness (QED) is 0.308. The molecule has 0 amide bonds. The Morgan fingerprint density at radius 3 is 2.36 bits per heavy atom. The van der Waals surface area contributed by atoms with Gasteiger partial charge in [-0.1, -0.05) is 36.4 Å². The molecule has 0 bridgehead atoms. The number of fused-ring (bicyclic) bond motifs is 2. The van der Waals surface area contributed by atoms with Crippen molar-refractivity contribution in [2.45, 2.75) is 4.90 Å². The predicted octanol–water partition coefficient (Wildman–Crippen LogP) is 1.87. The number of hydrogen-bond acceptors (Lipinski definition) is 6. The van der Waals surface area contributed by atoms with Gasteiger partial charge in [0.25, 0.3) is 10.1 Å². The fraction of sp³-hybridized carbons (Fsp3) is 0. The second-order valence-corrected chi connectivity index (χ2v) is 7.21. The largest absolute Gasteiger partial charge is 1.00 e. The van der Waals surface area contributed by atoms with Gasteiger partial charge in [0.05, 0.1) is 5.69 Å². The number of phenolic OH excluding ortho intramolecular Hbond substituents is 1. The molecule has 4 rings (SSSR count). The van der Waals surface area contributed by atoms with Gasteiger partial charge in [-0.3, -0.25) is 9.54 Å². The third-order valence-electron chi connectivity index (χ3n) is 4.12. The van der Waals surface area contributed by atoms with E-state index in [1.807, 2.05) is 36.4 Å². The van der Waals surface area contributed by atoms with E-state index in [0.29, 0.717) is 5.69 Å². The first-order valence-electron chi connectivity index (χ1n) is 7.93. The Bertz CT molecular complexity index is 1320. The van der Waals surface area contributed by atoms with E-state index in [1.54, 1.807) is 6.07 Å². The van der Waals surface area contributed by atoms with Gasteiger partial charge < -0.3 is 6.53 Å². The van der Waals surface area contributed by atoms with Gasteiger partial charge >= 0.3 is 29.6 Å². The molecule has 0 aliphatic carbocycles. The van der Waals surface area contributed by atoms with Crippen LogP contribution in [0.25, 0.3) is 21.7 Å². The number of rotatable bonds is 3. The first kappa shape index (κ1) is 20.4. The predicted molar refractivity (Wildman–Crippen MR) is 102 cm³/mol. The average Bonchev–Trinajstić information content (AvgIpc) is 2.66. The van der Waals surface area contributed by atoms with E-state index < -0.39 is 15.0 Å². The summed E-state index contributed by atoms with van der Waals surface area (Å²) in [7, 11) is -4.54. The van der Waals surface area contributed by atoms with Crippen molar-refractivity contribution in [3.63, 3.8) is 0 Å². The van der Waals surface area contributed by atoms with E-state index in [4.69, 9.17) is 0 Å². The molecular formula is C19H14N3NaO4S. The number of benzene rings is 3. The van der Waals surface area contributed by atoms with Crippen LogP contribution in [0.5, 0.6) is 5.75 Å². The zero-order valence-corrected chi connectivity index (χ0v) is 17.6. The monoisotopic (exact) mass is 403 g/mol. The van der Waals surface area contributed by atoms with Crippen LogP contribution in [0.15, 0.2) is 82.0 Å². The van der Waals surface area contributed by atoms with E-state index in [-0.39, 0.29) is 53.3 Å². The van der Waals surface area contributed by atoms with Crippen molar-refractivity contribution in [1.29, 1.82) is 0 Å². The van der Waals surface area contributed by atoms with E-state index in [1.165, 1.54) is 18.3 Å². The Hall–Kier alpha value is -2.36. The van der Waals surface area contributed by atoms with Crippen LogP contribution in [-0.4, -0.2) is 23.1 Å². The summed E-state index contributed by atoms with van der Waals surface area (Å²) in [5.74, 6) is -0.318. The number of azo groups is 1. The summed E-state index contributed by atoms with van der Waals surface area (Å²) >= 11 is 0. The van der Waals surface area contributed by atoms with Gasteiger partial charge in [0.15, 0.2) is 5.75 Å². The first-order valence-corrected chi connectivity index (χ1v) is 9.37. The molecule has 0 aliphatic rings. The van der Waals surface area contributed by atoms with Crippen LogP contribution in [-0.2, 0) is 10.1 Å². The molecule has 0 saturated heterocycles. The van der Waals surface area contributed by atoms with Gasteiger partial charge in [-0.05, 0) is 29.7 Å². The van der Waals surface area contributed by atoms with Gasteiger partial charge in [0, 0.05) is 17.0 Å². The minimum absolute atomic E-state index is 0. The molecule has 1 aromatic heterocycles. The van der Waals surface area contributed by atoms with Gasteiger partial charge in [-0.2, -0.15) is 8.42 Å². The summed E-state index contributed by atoms with van der Waals surface area (Å²) < 4.78 is 33.0. The maximum Gasteiger partial charge on any atom is 1.00 e. The van der Waals surface area contributed by atoms with Crippen molar-refractivity contribution in [3.8, 4) is 5.75 Å².